The molecule has 0 aliphatic carbocycles. The summed E-state index contributed by atoms with van der Waals surface area (Å²) in [7, 11) is 0. The number of carbonyl (C=O) groups excluding carboxylic acids is 2. The first-order valence-corrected chi connectivity index (χ1v) is 10.1. The van der Waals surface area contributed by atoms with Crippen molar-refractivity contribution in [1.29, 1.82) is 0 Å². The number of hydrogen-bond acceptors (Lipinski definition) is 7. The molecule has 31 heavy (non-hydrogen) atoms. The van der Waals surface area contributed by atoms with E-state index in [-0.39, 0.29) is 31.2 Å². The Kier molecular flexibility index (Phi) is 5.85. The molecule has 1 fully saturated rings. The van der Waals surface area contributed by atoms with Gasteiger partial charge in [0.1, 0.15) is 11.8 Å². The van der Waals surface area contributed by atoms with Crippen LogP contribution in [0, 0.1) is 13.8 Å². The summed E-state index contributed by atoms with van der Waals surface area (Å²) in [6, 6.07) is 8.57. The van der Waals surface area contributed by atoms with Crippen LogP contribution in [-0.2, 0) is 22.6 Å². The summed E-state index contributed by atoms with van der Waals surface area (Å²) in [5, 5.41) is 16.7. The van der Waals surface area contributed by atoms with Crippen LogP contribution in [0.4, 0.5) is 0 Å². The van der Waals surface area contributed by atoms with Gasteiger partial charge in [0, 0.05) is 31.1 Å². The van der Waals surface area contributed by atoms with Crippen LogP contribution in [0.5, 0.6) is 0 Å². The third kappa shape index (κ3) is 4.66. The van der Waals surface area contributed by atoms with E-state index in [9.17, 15) is 14.7 Å². The Balaban J connectivity index is 1.36. The van der Waals surface area contributed by atoms with Gasteiger partial charge in [0.2, 0.25) is 11.8 Å². The van der Waals surface area contributed by atoms with Crippen molar-refractivity contribution < 1.29 is 23.6 Å². The summed E-state index contributed by atoms with van der Waals surface area (Å²) in [6.07, 6.45) is 0.878. The number of aromatic nitrogens is 2. The van der Waals surface area contributed by atoms with E-state index in [2.05, 4.69) is 15.5 Å². The first kappa shape index (κ1) is 20.8. The molecule has 3 heterocycles. The zero-order valence-corrected chi connectivity index (χ0v) is 17.4. The molecule has 0 saturated carbocycles. The van der Waals surface area contributed by atoms with Crippen molar-refractivity contribution in [3.8, 4) is 11.3 Å². The molecule has 2 N–H and O–H groups in total. The highest BCUT2D eigenvalue weighted by molar-refractivity contribution is 5.89. The highest BCUT2D eigenvalue weighted by atomic mass is 16.5. The highest BCUT2D eigenvalue weighted by Crippen LogP contribution is 2.23. The fourth-order valence-electron chi connectivity index (χ4n) is 3.75. The van der Waals surface area contributed by atoms with Gasteiger partial charge in [-0.2, -0.15) is 0 Å². The Labute approximate surface area is 179 Å². The molecule has 9 nitrogen and oxygen atoms in total. The van der Waals surface area contributed by atoms with Crippen molar-refractivity contribution in [2.24, 2.45) is 0 Å². The van der Waals surface area contributed by atoms with E-state index in [1.165, 1.54) is 11.3 Å². The molecule has 0 unspecified atom stereocenters. The van der Waals surface area contributed by atoms with Gasteiger partial charge in [-0.3, -0.25) is 9.59 Å². The Morgan fingerprint density at radius 1 is 1.26 bits per heavy atom. The predicted molar refractivity (Wildman–Crippen MR) is 110 cm³/mol. The SMILES string of the molecule is Cc1cc(CC(=O)N2C[C@H](O)C[C@H]2C(=O)NCc2ccc(-c3ocnc3C)cc2)on1. The number of benzene rings is 1. The number of nitrogens with one attached hydrogen (secondary N) is 1. The molecule has 0 bridgehead atoms. The van der Waals surface area contributed by atoms with Gasteiger partial charge < -0.3 is 24.3 Å². The first-order chi connectivity index (χ1) is 14.9. The second-order valence-corrected chi connectivity index (χ2v) is 7.74. The van der Waals surface area contributed by atoms with Crippen LogP contribution in [0.15, 0.2) is 45.7 Å². The lowest BCUT2D eigenvalue weighted by Gasteiger charge is -2.23. The molecule has 2 amide bonds. The van der Waals surface area contributed by atoms with Gasteiger partial charge in [0.25, 0.3) is 0 Å². The van der Waals surface area contributed by atoms with Crippen molar-refractivity contribution >= 4 is 11.8 Å². The third-order valence-electron chi connectivity index (χ3n) is 5.33. The summed E-state index contributed by atoms with van der Waals surface area (Å²) < 4.78 is 10.5. The summed E-state index contributed by atoms with van der Waals surface area (Å²) in [5.41, 5.74) is 3.31. The Morgan fingerprint density at radius 2 is 2.03 bits per heavy atom. The standard InChI is InChI=1S/C22H24N4O5/c1-13-7-18(31-25-13)9-20(28)26-11-17(27)8-19(26)22(29)23-10-15-3-5-16(6-4-15)21-14(2)24-12-30-21/h3-7,12,17,19,27H,8-11H2,1-2H3,(H,23,29)/t17-,19+/m1/s1. The number of amides is 2. The summed E-state index contributed by atoms with van der Waals surface area (Å²) in [4.78, 5) is 30.9. The van der Waals surface area contributed by atoms with Gasteiger partial charge in [0.05, 0.1) is 23.9 Å². The second kappa shape index (κ2) is 8.73. The number of rotatable bonds is 6. The number of aryl methyl sites for hydroxylation is 2. The van der Waals surface area contributed by atoms with Gasteiger partial charge in [-0.1, -0.05) is 29.4 Å². The Morgan fingerprint density at radius 3 is 2.68 bits per heavy atom. The van der Waals surface area contributed by atoms with Gasteiger partial charge in [-0.15, -0.1) is 0 Å². The van der Waals surface area contributed by atoms with Crippen LogP contribution in [-0.4, -0.2) is 50.7 Å². The van der Waals surface area contributed by atoms with Gasteiger partial charge in [-0.25, -0.2) is 4.98 Å². The first-order valence-electron chi connectivity index (χ1n) is 10.1. The fourth-order valence-corrected chi connectivity index (χ4v) is 3.75. The maximum atomic E-state index is 12.8. The molecule has 0 spiro atoms. The number of likely N-dealkylation sites (tertiary alicyclic amines) is 1. The smallest absolute Gasteiger partial charge is 0.243 e. The van der Waals surface area contributed by atoms with E-state index in [0.29, 0.717) is 23.8 Å². The minimum absolute atomic E-state index is 0.000144. The van der Waals surface area contributed by atoms with E-state index in [1.54, 1.807) is 13.0 Å². The van der Waals surface area contributed by atoms with Crippen LogP contribution >= 0.6 is 0 Å². The van der Waals surface area contributed by atoms with Gasteiger partial charge in [-0.05, 0) is 19.4 Å². The third-order valence-corrected chi connectivity index (χ3v) is 5.33. The van der Waals surface area contributed by atoms with Crippen LogP contribution in [0.1, 0.15) is 29.1 Å². The largest absolute Gasteiger partial charge is 0.443 e. The minimum atomic E-state index is -0.736. The molecule has 3 aromatic rings. The van der Waals surface area contributed by atoms with Crippen LogP contribution < -0.4 is 5.32 Å². The summed E-state index contributed by atoms with van der Waals surface area (Å²) in [6.45, 7) is 4.08. The zero-order chi connectivity index (χ0) is 22.0. The Hall–Kier alpha value is -3.46. The lowest BCUT2D eigenvalue weighted by atomic mass is 10.1. The van der Waals surface area contributed by atoms with E-state index in [1.807, 2.05) is 31.2 Å². The molecular weight excluding hydrogens is 400 g/mol. The highest BCUT2D eigenvalue weighted by Gasteiger charge is 2.38. The number of carbonyl (C=O) groups is 2. The van der Waals surface area contributed by atoms with E-state index in [0.717, 1.165) is 16.8 Å². The maximum Gasteiger partial charge on any atom is 0.243 e. The molecule has 1 aliphatic rings. The van der Waals surface area contributed by atoms with Crippen LogP contribution in [0.3, 0.4) is 0 Å². The van der Waals surface area contributed by atoms with Gasteiger partial charge >= 0.3 is 0 Å². The van der Waals surface area contributed by atoms with Crippen molar-refractivity contribution in [2.75, 3.05) is 6.54 Å². The van der Waals surface area contributed by atoms with Crippen molar-refractivity contribution in [3.63, 3.8) is 0 Å². The molecule has 1 aromatic carbocycles. The molecule has 9 heteroatoms. The van der Waals surface area contributed by atoms with Crippen molar-refractivity contribution in [3.05, 3.63) is 59.4 Å². The van der Waals surface area contributed by atoms with E-state index < -0.39 is 12.1 Å². The van der Waals surface area contributed by atoms with E-state index in [4.69, 9.17) is 8.94 Å². The number of nitrogens with zero attached hydrogens (tertiary/aromatic N) is 3. The monoisotopic (exact) mass is 424 g/mol. The second-order valence-electron chi connectivity index (χ2n) is 7.74. The number of β-amino-alcohol motifs (C(OH)–C–C–N with tert-alkyl or cyclic N) is 1. The average molecular weight is 424 g/mol. The van der Waals surface area contributed by atoms with E-state index >= 15 is 0 Å². The number of hydrogen-bond donors (Lipinski definition) is 2. The topological polar surface area (TPSA) is 122 Å². The number of aliphatic hydroxyl groups is 1. The predicted octanol–water partition coefficient (Wildman–Crippen LogP) is 1.77. The minimum Gasteiger partial charge on any atom is -0.443 e. The fraction of sp³-hybridized carbons (Fsp3) is 0.364. The molecule has 4 rings (SSSR count). The lowest BCUT2D eigenvalue weighted by Crippen LogP contribution is -2.46. The molecular formula is C22H24N4O5. The molecule has 2 aromatic heterocycles. The molecule has 2 atom stereocenters. The van der Waals surface area contributed by atoms with Crippen LogP contribution in [0.2, 0.25) is 0 Å². The normalized spacial score (nSPS) is 18.4. The summed E-state index contributed by atoms with van der Waals surface area (Å²) >= 11 is 0. The molecule has 1 saturated heterocycles. The van der Waals surface area contributed by atoms with Crippen molar-refractivity contribution in [2.45, 2.75) is 45.4 Å². The zero-order valence-electron chi connectivity index (χ0n) is 17.4. The molecule has 1 aliphatic heterocycles. The number of aliphatic hydroxyl groups excluding tert-OH is 1. The lowest BCUT2D eigenvalue weighted by molar-refractivity contribution is -0.138. The average Bonchev–Trinajstić information content (AvgIpc) is 3.46. The quantitative estimate of drug-likeness (QED) is 0.618. The van der Waals surface area contributed by atoms with Gasteiger partial charge in [0.15, 0.2) is 12.2 Å². The number of oxazole rings is 1. The maximum absolute atomic E-state index is 12.8. The molecule has 0 radical (unpaired) electrons. The van der Waals surface area contributed by atoms with Crippen molar-refractivity contribution in [1.82, 2.24) is 20.4 Å². The summed E-state index contributed by atoms with van der Waals surface area (Å²) in [5.74, 6) is 0.574. The van der Waals surface area contributed by atoms with Crippen LogP contribution in [0.25, 0.3) is 11.3 Å². The Bertz CT molecular complexity index is 1070. The molecule has 162 valence electrons.